The van der Waals surface area contributed by atoms with Crippen molar-refractivity contribution in [3.63, 3.8) is 0 Å². The van der Waals surface area contributed by atoms with Crippen molar-refractivity contribution in [2.75, 3.05) is 11.1 Å². The molecule has 1 aliphatic carbocycles. The van der Waals surface area contributed by atoms with Gasteiger partial charge < -0.3 is 11.1 Å². The van der Waals surface area contributed by atoms with Gasteiger partial charge in [0.1, 0.15) is 11.8 Å². The summed E-state index contributed by atoms with van der Waals surface area (Å²) >= 11 is 0. The second-order valence-electron chi connectivity index (χ2n) is 7.27. The van der Waals surface area contributed by atoms with Gasteiger partial charge >= 0.3 is 0 Å². The first-order valence-electron chi connectivity index (χ1n) is 9.69. The number of rotatable bonds is 5. The number of aryl methyl sites for hydroxylation is 1. The molecule has 0 spiro atoms. The molecule has 2 heterocycles. The molecule has 27 heavy (non-hydrogen) atoms. The van der Waals surface area contributed by atoms with E-state index >= 15 is 0 Å². The van der Waals surface area contributed by atoms with Crippen molar-refractivity contribution in [1.29, 1.82) is 0 Å². The molecule has 1 fully saturated rings. The minimum atomic E-state index is -0.179. The number of amides is 1. The van der Waals surface area contributed by atoms with Gasteiger partial charge in [0.25, 0.3) is 5.91 Å². The van der Waals surface area contributed by atoms with Gasteiger partial charge in [0.2, 0.25) is 0 Å². The normalized spacial score (nSPS) is 14.7. The Bertz CT molecular complexity index is 955. The van der Waals surface area contributed by atoms with E-state index in [9.17, 15) is 4.79 Å². The number of nitrogens with two attached hydrogens (primary N) is 1. The molecule has 0 atom stereocenters. The van der Waals surface area contributed by atoms with Gasteiger partial charge in [-0.25, -0.2) is 9.50 Å². The van der Waals surface area contributed by atoms with E-state index in [0.29, 0.717) is 22.8 Å². The SMILES string of the molecule is CCCc1ccc(NC(=O)c2cc(C3CCCC3)n3ncnc(N)c23)cc1. The molecule has 0 unspecified atom stereocenters. The van der Waals surface area contributed by atoms with E-state index in [4.69, 9.17) is 5.73 Å². The first kappa shape index (κ1) is 17.5. The summed E-state index contributed by atoms with van der Waals surface area (Å²) in [6.07, 6.45) is 8.26. The van der Waals surface area contributed by atoms with Crippen molar-refractivity contribution in [3.8, 4) is 0 Å². The first-order chi connectivity index (χ1) is 13.2. The zero-order valence-corrected chi connectivity index (χ0v) is 15.6. The summed E-state index contributed by atoms with van der Waals surface area (Å²) in [4.78, 5) is 17.1. The fraction of sp³-hybridized carbons (Fsp3) is 0.381. The molecule has 4 rings (SSSR count). The predicted molar refractivity (Wildman–Crippen MR) is 107 cm³/mol. The molecule has 6 heteroatoms. The summed E-state index contributed by atoms with van der Waals surface area (Å²) in [7, 11) is 0. The number of hydrogen-bond donors (Lipinski definition) is 2. The summed E-state index contributed by atoms with van der Waals surface area (Å²) in [6.45, 7) is 2.16. The van der Waals surface area contributed by atoms with Crippen LogP contribution in [0.1, 0.15) is 66.6 Å². The van der Waals surface area contributed by atoms with E-state index < -0.39 is 0 Å². The monoisotopic (exact) mass is 363 g/mol. The molecule has 1 amide bonds. The molecular formula is C21H25N5O. The number of benzene rings is 1. The van der Waals surface area contributed by atoms with Crippen molar-refractivity contribution in [2.24, 2.45) is 0 Å². The van der Waals surface area contributed by atoms with Crippen molar-refractivity contribution in [3.05, 3.63) is 53.5 Å². The lowest BCUT2D eigenvalue weighted by Crippen LogP contribution is -2.12. The molecule has 1 saturated carbocycles. The van der Waals surface area contributed by atoms with Crippen LogP contribution in [-0.4, -0.2) is 20.5 Å². The van der Waals surface area contributed by atoms with E-state index in [-0.39, 0.29) is 5.91 Å². The Kier molecular flexibility index (Phi) is 4.79. The van der Waals surface area contributed by atoms with Gasteiger partial charge in [-0.05, 0) is 43.0 Å². The van der Waals surface area contributed by atoms with E-state index in [1.165, 1.54) is 24.7 Å². The average Bonchev–Trinajstić information content (AvgIpc) is 3.31. The molecule has 0 saturated heterocycles. The van der Waals surface area contributed by atoms with Gasteiger partial charge in [0, 0.05) is 17.3 Å². The van der Waals surface area contributed by atoms with Crippen LogP contribution in [0.15, 0.2) is 36.7 Å². The van der Waals surface area contributed by atoms with Crippen LogP contribution in [0.4, 0.5) is 11.5 Å². The topological polar surface area (TPSA) is 85.3 Å². The maximum atomic E-state index is 13.0. The van der Waals surface area contributed by atoms with Gasteiger partial charge in [0.05, 0.1) is 5.56 Å². The molecule has 0 aliphatic heterocycles. The highest BCUT2D eigenvalue weighted by Crippen LogP contribution is 2.36. The third-order valence-corrected chi connectivity index (χ3v) is 5.38. The predicted octanol–water partition coefficient (Wildman–Crippen LogP) is 4.17. The van der Waals surface area contributed by atoms with Crippen LogP contribution in [0.5, 0.6) is 0 Å². The fourth-order valence-electron chi connectivity index (χ4n) is 4.02. The van der Waals surface area contributed by atoms with Gasteiger partial charge in [-0.1, -0.05) is 38.3 Å². The van der Waals surface area contributed by atoms with Crippen LogP contribution < -0.4 is 11.1 Å². The second kappa shape index (κ2) is 7.39. The van der Waals surface area contributed by atoms with Crippen molar-refractivity contribution < 1.29 is 4.79 Å². The summed E-state index contributed by atoms with van der Waals surface area (Å²) in [6, 6.07) is 9.94. The number of nitrogens with zero attached hydrogens (tertiary/aromatic N) is 3. The Balaban J connectivity index is 1.67. The van der Waals surface area contributed by atoms with Gasteiger partial charge in [0.15, 0.2) is 5.82 Å². The molecule has 140 valence electrons. The zero-order valence-electron chi connectivity index (χ0n) is 15.6. The quantitative estimate of drug-likeness (QED) is 0.712. The Labute approximate surface area is 158 Å². The number of nitrogen functional groups attached to an aromatic ring is 1. The first-order valence-corrected chi connectivity index (χ1v) is 9.69. The van der Waals surface area contributed by atoms with Gasteiger partial charge in [-0.15, -0.1) is 0 Å². The van der Waals surface area contributed by atoms with E-state index in [0.717, 1.165) is 37.1 Å². The smallest absolute Gasteiger partial charge is 0.258 e. The number of carbonyl (C=O) groups is 1. The average molecular weight is 363 g/mol. The highest BCUT2D eigenvalue weighted by atomic mass is 16.1. The standard InChI is InChI=1S/C21H25N5O/c1-2-5-14-8-10-16(11-9-14)25-21(27)17-12-18(15-6-3-4-7-15)26-19(17)20(22)23-13-24-26/h8-13,15H,2-7H2,1H3,(H,25,27)(H2,22,23,24). The molecule has 1 aliphatic rings. The van der Waals surface area contributed by atoms with Crippen molar-refractivity contribution in [1.82, 2.24) is 14.6 Å². The Morgan fingerprint density at radius 1 is 1.26 bits per heavy atom. The van der Waals surface area contributed by atoms with Crippen LogP contribution in [0.25, 0.3) is 5.52 Å². The molecular weight excluding hydrogens is 338 g/mol. The van der Waals surface area contributed by atoms with Crippen LogP contribution in [-0.2, 0) is 6.42 Å². The summed E-state index contributed by atoms with van der Waals surface area (Å²) in [5.74, 6) is 0.570. The lowest BCUT2D eigenvalue weighted by atomic mass is 10.0. The molecule has 3 aromatic rings. The maximum Gasteiger partial charge on any atom is 0.258 e. The number of nitrogens with one attached hydrogen (secondary N) is 1. The van der Waals surface area contributed by atoms with Crippen LogP contribution in [0, 0.1) is 0 Å². The Hall–Kier alpha value is -2.89. The third kappa shape index (κ3) is 3.39. The molecule has 2 aromatic heterocycles. The van der Waals surface area contributed by atoms with Crippen LogP contribution in [0.2, 0.25) is 0 Å². The van der Waals surface area contributed by atoms with Crippen molar-refractivity contribution >= 4 is 22.9 Å². The molecule has 6 nitrogen and oxygen atoms in total. The summed E-state index contributed by atoms with van der Waals surface area (Å²) in [5, 5.41) is 7.36. The minimum absolute atomic E-state index is 0.179. The lowest BCUT2D eigenvalue weighted by molar-refractivity contribution is 0.102. The van der Waals surface area contributed by atoms with E-state index in [1.807, 2.05) is 18.2 Å². The minimum Gasteiger partial charge on any atom is -0.382 e. The van der Waals surface area contributed by atoms with Crippen molar-refractivity contribution in [2.45, 2.75) is 51.4 Å². The summed E-state index contributed by atoms with van der Waals surface area (Å²) in [5.41, 5.74) is 10.3. The number of hydrogen-bond acceptors (Lipinski definition) is 4. The van der Waals surface area contributed by atoms with Gasteiger partial charge in [-0.3, -0.25) is 4.79 Å². The Morgan fingerprint density at radius 2 is 2.00 bits per heavy atom. The van der Waals surface area contributed by atoms with Crippen LogP contribution >= 0.6 is 0 Å². The highest BCUT2D eigenvalue weighted by Gasteiger charge is 2.26. The second-order valence-corrected chi connectivity index (χ2v) is 7.27. The lowest BCUT2D eigenvalue weighted by Gasteiger charge is -2.08. The highest BCUT2D eigenvalue weighted by molar-refractivity contribution is 6.10. The van der Waals surface area contributed by atoms with E-state index in [2.05, 4.69) is 34.5 Å². The van der Waals surface area contributed by atoms with E-state index in [1.54, 1.807) is 4.52 Å². The molecule has 1 aromatic carbocycles. The zero-order chi connectivity index (χ0) is 18.8. The molecule has 0 radical (unpaired) electrons. The molecule has 3 N–H and O–H groups in total. The number of fused-ring (bicyclic) bond motifs is 1. The van der Waals surface area contributed by atoms with Gasteiger partial charge in [-0.2, -0.15) is 5.10 Å². The number of aromatic nitrogens is 3. The fourth-order valence-corrected chi connectivity index (χ4v) is 4.02. The van der Waals surface area contributed by atoms with Crippen LogP contribution in [0.3, 0.4) is 0 Å². The maximum absolute atomic E-state index is 13.0. The molecule has 0 bridgehead atoms. The largest absolute Gasteiger partial charge is 0.382 e. The number of carbonyl (C=O) groups excluding carboxylic acids is 1. The number of anilines is 2. The summed E-state index contributed by atoms with van der Waals surface area (Å²) < 4.78 is 1.80. The third-order valence-electron chi connectivity index (χ3n) is 5.38. The Morgan fingerprint density at radius 3 is 2.70 bits per heavy atom.